The summed E-state index contributed by atoms with van der Waals surface area (Å²) in [5.74, 6) is 0.342. The van der Waals surface area contributed by atoms with E-state index in [-0.39, 0.29) is 23.7 Å². The first-order chi connectivity index (χ1) is 12.7. The lowest BCUT2D eigenvalue weighted by molar-refractivity contribution is 0.290. The number of rotatable bonds is 4. The minimum Gasteiger partial charge on any atom is -0.486 e. The van der Waals surface area contributed by atoms with Crippen LogP contribution in [0.3, 0.4) is 0 Å². The van der Waals surface area contributed by atoms with Gasteiger partial charge in [0.15, 0.2) is 11.6 Å². The van der Waals surface area contributed by atoms with Crippen LogP contribution in [-0.4, -0.2) is 9.97 Å². The Morgan fingerprint density at radius 1 is 0.923 bits per heavy atom. The van der Waals surface area contributed by atoms with Gasteiger partial charge in [0.1, 0.15) is 12.4 Å². The highest BCUT2D eigenvalue weighted by atomic mass is 19.1. The maximum Gasteiger partial charge on any atom is 0.259 e. The van der Waals surface area contributed by atoms with E-state index < -0.39 is 0 Å². The second-order valence-electron chi connectivity index (χ2n) is 5.85. The van der Waals surface area contributed by atoms with Gasteiger partial charge in [-0.25, -0.2) is 9.37 Å². The summed E-state index contributed by atoms with van der Waals surface area (Å²) in [5.41, 5.74) is 2.17. The molecule has 0 aliphatic heterocycles. The largest absolute Gasteiger partial charge is 0.486 e. The SMILES string of the molecule is O=c1[nH]c(-c2ccc(COc3ccccc3F)cc2)nc2ccccc12. The molecule has 26 heavy (non-hydrogen) atoms. The molecular formula is C21H15FN2O2. The quantitative estimate of drug-likeness (QED) is 0.599. The van der Waals surface area contributed by atoms with Gasteiger partial charge in [-0.3, -0.25) is 4.79 Å². The predicted octanol–water partition coefficient (Wildman–Crippen LogP) is 4.31. The first-order valence-electron chi connectivity index (χ1n) is 8.16. The van der Waals surface area contributed by atoms with E-state index in [2.05, 4.69) is 9.97 Å². The summed E-state index contributed by atoms with van der Waals surface area (Å²) in [4.78, 5) is 19.5. The van der Waals surface area contributed by atoms with Crippen LogP contribution < -0.4 is 10.3 Å². The Bertz CT molecular complexity index is 1120. The fraction of sp³-hybridized carbons (Fsp3) is 0.0476. The zero-order valence-corrected chi connectivity index (χ0v) is 13.8. The van der Waals surface area contributed by atoms with E-state index in [1.807, 2.05) is 42.5 Å². The normalized spacial score (nSPS) is 10.8. The summed E-state index contributed by atoms with van der Waals surface area (Å²) in [6, 6.07) is 21.0. The first-order valence-corrected chi connectivity index (χ1v) is 8.16. The fourth-order valence-corrected chi connectivity index (χ4v) is 2.70. The number of hydrogen-bond acceptors (Lipinski definition) is 3. The molecule has 3 aromatic carbocycles. The van der Waals surface area contributed by atoms with E-state index in [0.717, 1.165) is 11.1 Å². The van der Waals surface area contributed by atoms with Crippen molar-refractivity contribution in [1.29, 1.82) is 0 Å². The lowest BCUT2D eigenvalue weighted by Crippen LogP contribution is -2.09. The average Bonchev–Trinajstić information content (AvgIpc) is 2.68. The number of benzene rings is 3. The third-order valence-corrected chi connectivity index (χ3v) is 4.07. The van der Waals surface area contributed by atoms with Crippen LogP contribution in [0, 0.1) is 5.82 Å². The third-order valence-electron chi connectivity index (χ3n) is 4.07. The maximum absolute atomic E-state index is 13.6. The Labute approximate surface area is 148 Å². The Balaban J connectivity index is 1.56. The molecule has 4 rings (SSSR count). The molecule has 0 radical (unpaired) electrons. The van der Waals surface area contributed by atoms with Crippen molar-refractivity contribution in [2.45, 2.75) is 6.61 Å². The molecule has 128 valence electrons. The van der Waals surface area contributed by atoms with Crippen LogP contribution in [0.1, 0.15) is 5.56 Å². The molecule has 0 saturated heterocycles. The fourth-order valence-electron chi connectivity index (χ4n) is 2.70. The molecule has 4 nitrogen and oxygen atoms in total. The summed E-state index contributed by atoms with van der Waals surface area (Å²) in [6.07, 6.45) is 0. The van der Waals surface area contributed by atoms with E-state index >= 15 is 0 Å². The molecule has 4 aromatic rings. The van der Waals surface area contributed by atoms with Gasteiger partial charge in [0.2, 0.25) is 0 Å². The number of ether oxygens (including phenoxy) is 1. The van der Waals surface area contributed by atoms with Crippen LogP contribution in [0.5, 0.6) is 5.75 Å². The van der Waals surface area contributed by atoms with E-state index in [1.165, 1.54) is 6.07 Å². The summed E-state index contributed by atoms with van der Waals surface area (Å²) in [5, 5.41) is 0.561. The van der Waals surface area contributed by atoms with Crippen molar-refractivity contribution in [3.8, 4) is 17.1 Å². The molecular weight excluding hydrogens is 331 g/mol. The smallest absolute Gasteiger partial charge is 0.259 e. The minimum atomic E-state index is -0.387. The number of fused-ring (bicyclic) bond motifs is 1. The van der Waals surface area contributed by atoms with Crippen molar-refractivity contribution < 1.29 is 9.13 Å². The summed E-state index contributed by atoms with van der Waals surface area (Å²) in [6.45, 7) is 0.253. The van der Waals surface area contributed by atoms with E-state index in [4.69, 9.17) is 4.74 Å². The lowest BCUT2D eigenvalue weighted by Gasteiger charge is -2.08. The van der Waals surface area contributed by atoms with Gasteiger partial charge in [-0.15, -0.1) is 0 Å². The second-order valence-corrected chi connectivity index (χ2v) is 5.85. The number of hydrogen-bond donors (Lipinski definition) is 1. The maximum atomic E-state index is 13.6. The van der Waals surface area contributed by atoms with Crippen LogP contribution in [-0.2, 0) is 6.61 Å². The summed E-state index contributed by atoms with van der Waals surface area (Å²) in [7, 11) is 0. The Morgan fingerprint density at radius 2 is 1.65 bits per heavy atom. The number of nitrogens with zero attached hydrogens (tertiary/aromatic N) is 1. The topological polar surface area (TPSA) is 55.0 Å². The number of aromatic amines is 1. The number of nitrogens with one attached hydrogen (secondary N) is 1. The van der Waals surface area contributed by atoms with Crippen LogP contribution in [0.15, 0.2) is 77.6 Å². The molecule has 0 atom stereocenters. The van der Waals surface area contributed by atoms with Gasteiger partial charge in [0.25, 0.3) is 5.56 Å². The van der Waals surface area contributed by atoms with Gasteiger partial charge in [-0.05, 0) is 29.8 Å². The average molecular weight is 346 g/mol. The highest BCUT2D eigenvalue weighted by Gasteiger charge is 2.06. The van der Waals surface area contributed by atoms with Crippen molar-refractivity contribution >= 4 is 10.9 Å². The van der Waals surface area contributed by atoms with Gasteiger partial charge in [0.05, 0.1) is 10.9 Å². The molecule has 0 spiro atoms. The number of aromatic nitrogens is 2. The standard InChI is InChI=1S/C21H15FN2O2/c22-17-6-2-4-8-19(17)26-13-14-9-11-15(12-10-14)20-23-18-7-3-1-5-16(18)21(25)24-20/h1-12H,13H2,(H,23,24,25). The van der Waals surface area contributed by atoms with Gasteiger partial charge < -0.3 is 9.72 Å². The third kappa shape index (κ3) is 3.19. The molecule has 0 bridgehead atoms. The number of H-pyrrole nitrogens is 1. The Hall–Kier alpha value is -3.47. The van der Waals surface area contributed by atoms with E-state index in [9.17, 15) is 9.18 Å². The van der Waals surface area contributed by atoms with Gasteiger partial charge >= 0.3 is 0 Å². The first kappa shape index (κ1) is 16.0. The monoisotopic (exact) mass is 346 g/mol. The molecule has 0 fully saturated rings. The molecule has 0 amide bonds. The molecule has 0 aliphatic rings. The molecule has 0 aliphatic carbocycles. The highest BCUT2D eigenvalue weighted by Crippen LogP contribution is 2.20. The van der Waals surface area contributed by atoms with Crippen molar-refractivity contribution in [2.75, 3.05) is 0 Å². The van der Waals surface area contributed by atoms with Crippen molar-refractivity contribution in [1.82, 2.24) is 9.97 Å². The molecule has 0 unspecified atom stereocenters. The molecule has 0 saturated carbocycles. The van der Waals surface area contributed by atoms with Gasteiger partial charge in [-0.2, -0.15) is 0 Å². The van der Waals surface area contributed by atoms with Crippen LogP contribution in [0.4, 0.5) is 4.39 Å². The summed E-state index contributed by atoms with van der Waals surface area (Å²) >= 11 is 0. The van der Waals surface area contributed by atoms with E-state index in [0.29, 0.717) is 16.7 Å². The van der Waals surface area contributed by atoms with Crippen molar-refractivity contribution in [3.63, 3.8) is 0 Å². The van der Waals surface area contributed by atoms with Crippen LogP contribution in [0.2, 0.25) is 0 Å². The minimum absolute atomic E-state index is 0.169. The predicted molar refractivity (Wildman–Crippen MR) is 98.5 cm³/mol. The van der Waals surface area contributed by atoms with E-state index in [1.54, 1.807) is 24.3 Å². The second kappa shape index (κ2) is 6.80. The van der Waals surface area contributed by atoms with Crippen molar-refractivity contribution in [3.05, 3.63) is 94.5 Å². The van der Waals surface area contributed by atoms with Gasteiger partial charge in [-0.1, -0.05) is 48.5 Å². The van der Waals surface area contributed by atoms with Crippen LogP contribution >= 0.6 is 0 Å². The number of halogens is 1. The highest BCUT2D eigenvalue weighted by molar-refractivity contribution is 5.79. The summed E-state index contributed by atoms with van der Waals surface area (Å²) < 4.78 is 19.1. The van der Waals surface area contributed by atoms with Gasteiger partial charge in [0, 0.05) is 5.56 Å². The zero-order chi connectivity index (χ0) is 17.9. The molecule has 5 heteroatoms. The molecule has 1 aromatic heterocycles. The van der Waals surface area contributed by atoms with Crippen LogP contribution in [0.25, 0.3) is 22.3 Å². The Morgan fingerprint density at radius 3 is 2.46 bits per heavy atom. The zero-order valence-electron chi connectivity index (χ0n) is 13.8. The van der Waals surface area contributed by atoms with Crippen molar-refractivity contribution in [2.24, 2.45) is 0 Å². The molecule has 1 N–H and O–H groups in total. The molecule has 1 heterocycles. The number of para-hydroxylation sites is 2. The lowest BCUT2D eigenvalue weighted by atomic mass is 10.1. The Kier molecular flexibility index (Phi) is 4.19.